The number of ether oxygens (including phenoxy) is 1. The van der Waals surface area contributed by atoms with Crippen molar-refractivity contribution in [1.82, 2.24) is 30.6 Å². The molecule has 0 radical (unpaired) electrons. The Morgan fingerprint density at radius 3 is 3.04 bits per heavy atom. The van der Waals surface area contributed by atoms with E-state index >= 15 is 0 Å². The molecule has 1 aliphatic rings. The molecule has 134 valence electrons. The van der Waals surface area contributed by atoms with Gasteiger partial charge in [-0.25, -0.2) is 0 Å². The SMILES string of the molecule is CCOCC(=O)N1CCc2c(C(=O)NCCc3ccn[nH]3)n[nH]c2C1. The van der Waals surface area contributed by atoms with Gasteiger partial charge in [-0.2, -0.15) is 10.2 Å². The number of fused-ring (bicyclic) bond motifs is 1. The Hall–Kier alpha value is -2.68. The van der Waals surface area contributed by atoms with E-state index in [4.69, 9.17) is 4.74 Å². The van der Waals surface area contributed by atoms with Crippen molar-refractivity contribution in [3.8, 4) is 0 Å². The second-order valence-corrected chi connectivity index (χ2v) is 5.82. The average Bonchev–Trinajstić information content (AvgIpc) is 3.28. The summed E-state index contributed by atoms with van der Waals surface area (Å²) in [5, 5.41) is 16.6. The third-order valence-electron chi connectivity index (χ3n) is 4.17. The summed E-state index contributed by atoms with van der Waals surface area (Å²) in [5.74, 6) is -0.251. The van der Waals surface area contributed by atoms with Crippen molar-refractivity contribution in [3.05, 3.63) is 34.9 Å². The molecule has 1 aliphatic heterocycles. The number of hydrogen-bond acceptors (Lipinski definition) is 5. The first-order chi connectivity index (χ1) is 12.2. The van der Waals surface area contributed by atoms with Crippen LogP contribution in [-0.4, -0.2) is 63.4 Å². The van der Waals surface area contributed by atoms with Gasteiger partial charge in [-0.15, -0.1) is 0 Å². The van der Waals surface area contributed by atoms with Crippen LogP contribution in [-0.2, 0) is 28.9 Å². The number of aromatic amines is 2. The Morgan fingerprint density at radius 2 is 2.28 bits per heavy atom. The van der Waals surface area contributed by atoms with E-state index in [1.165, 1.54) is 0 Å². The maximum absolute atomic E-state index is 12.3. The van der Waals surface area contributed by atoms with Crippen LogP contribution in [0.15, 0.2) is 12.3 Å². The summed E-state index contributed by atoms with van der Waals surface area (Å²) in [6, 6.07) is 1.87. The van der Waals surface area contributed by atoms with Crippen LogP contribution in [0.4, 0.5) is 0 Å². The summed E-state index contributed by atoms with van der Waals surface area (Å²) in [6.45, 7) is 3.94. The fourth-order valence-electron chi connectivity index (χ4n) is 2.82. The smallest absolute Gasteiger partial charge is 0.272 e. The molecule has 0 saturated heterocycles. The van der Waals surface area contributed by atoms with E-state index < -0.39 is 0 Å². The van der Waals surface area contributed by atoms with Crippen molar-refractivity contribution >= 4 is 11.8 Å². The number of nitrogens with zero attached hydrogens (tertiary/aromatic N) is 3. The largest absolute Gasteiger partial charge is 0.372 e. The van der Waals surface area contributed by atoms with Crippen LogP contribution < -0.4 is 5.32 Å². The summed E-state index contributed by atoms with van der Waals surface area (Å²) in [6.07, 6.45) is 2.96. The van der Waals surface area contributed by atoms with Crippen LogP contribution in [0.5, 0.6) is 0 Å². The van der Waals surface area contributed by atoms with Crippen molar-refractivity contribution in [2.45, 2.75) is 26.3 Å². The molecule has 9 heteroatoms. The van der Waals surface area contributed by atoms with Gasteiger partial charge in [-0.05, 0) is 19.4 Å². The maximum atomic E-state index is 12.3. The number of rotatable bonds is 7. The summed E-state index contributed by atoms with van der Waals surface area (Å²) < 4.78 is 5.17. The number of hydrogen-bond donors (Lipinski definition) is 3. The lowest BCUT2D eigenvalue weighted by molar-refractivity contribution is -0.136. The van der Waals surface area contributed by atoms with Crippen molar-refractivity contribution in [1.29, 1.82) is 0 Å². The lowest BCUT2D eigenvalue weighted by atomic mass is 10.0. The standard InChI is InChI=1S/C16H22N6O3/c1-2-25-10-14(23)22-8-5-12-13(9-22)20-21-15(12)16(24)17-6-3-11-4-7-18-19-11/h4,7H,2-3,5-6,8-10H2,1H3,(H,17,24)(H,18,19)(H,20,21). The van der Waals surface area contributed by atoms with E-state index in [0.717, 1.165) is 17.0 Å². The molecule has 0 atom stereocenters. The Kier molecular flexibility index (Phi) is 5.44. The van der Waals surface area contributed by atoms with E-state index in [-0.39, 0.29) is 18.4 Å². The number of carbonyl (C=O) groups excluding carboxylic acids is 2. The zero-order chi connectivity index (χ0) is 17.6. The van der Waals surface area contributed by atoms with Crippen molar-refractivity contribution in [2.24, 2.45) is 0 Å². The van der Waals surface area contributed by atoms with Gasteiger partial charge >= 0.3 is 0 Å². The number of nitrogens with one attached hydrogen (secondary N) is 3. The topological polar surface area (TPSA) is 116 Å². The molecular formula is C16H22N6O3. The summed E-state index contributed by atoms with van der Waals surface area (Å²) in [4.78, 5) is 26.1. The third kappa shape index (κ3) is 4.05. The van der Waals surface area contributed by atoms with Gasteiger partial charge in [0.25, 0.3) is 5.91 Å². The van der Waals surface area contributed by atoms with Gasteiger partial charge in [-0.3, -0.25) is 19.8 Å². The normalized spacial score (nSPS) is 13.6. The molecule has 0 unspecified atom stereocenters. The first kappa shape index (κ1) is 17.2. The molecule has 3 N–H and O–H groups in total. The highest BCUT2D eigenvalue weighted by Gasteiger charge is 2.27. The molecule has 0 spiro atoms. The number of carbonyl (C=O) groups is 2. The zero-order valence-electron chi connectivity index (χ0n) is 14.2. The molecule has 0 bridgehead atoms. The third-order valence-corrected chi connectivity index (χ3v) is 4.17. The highest BCUT2D eigenvalue weighted by atomic mass is 16.5. The molecule has 2 aromatic rings. The summed E-state index contributed by atoms with van der Waals surface area (Å²) >= 11 is 0. The van der Waals surface area contributed by atoms with Gasteiger partial charge in [-0.1, -0.05) is 0 Å². The fraction of sp³-hybridized carbons (Fsp3) is 0.500. The first-order valence-electron chi connectivity index (χ1n) is 8.37. The van der Waals surface area contributed by atoms with Crippen molar-refractivity contribution < 1.29 is 14.3 Å². The minimum Gasteiger partial charge on any atom is -0.372 e. The van der Waals surface area contributed by atoms with Gasteiger partial charge in [0.1, 0.15) is 6.61 Å². The van der Waals surface area contributed by atoms with Crippen molar-refractivity contribution in [2.75, 3.05) is 26.3 Å². The van der Waals surface area contributed by atoms with Crippen LogP contribution >= 0.6 is 0 Å². The first-order valence-corrected chi connectivity index (χ1v) is 8.37. The van der Waals surface area contributed by atoms with Gasteiger partial charge in [0.15, 0.2) is 5.69 Å². The van der Waals surface area contributed by atoms with Gasteiger partial charge in [0, 0.05) is 43.6 Å². The molecule has 3 heterocycles. The molecule has 0 fully saturated rings. The molecule has 2 aromatic heterocycles. The molecule has 9 nitrogen and oxygen atoms in total. The Morgan fingerprint density at radius 1 is 1.40 bits per heavy atom. The van der Waals surface area contributed by atoms with E-state index in [1.54, 1.807) is 11.1 Å². The minimum absolute atomic E-state index is 0.0485. The maximum Gasteiger partial charge on any atom is 0.272 e. The lowest BCUT2D eigenvalue weighted by Gasteiger charge is -2.26. The lowest BCUT2D eigenvalue weighted by Crippen LogP contribution is -2.38. The number of H-pyrrole nitrogens is 2. The second-order valence-electron chi connectivity index (χ2n) is 5.82. The Labute approximate surface area is 145 Å². The van der Waals surface area contributed by atoms with Crippen LogP contribution in [0.3, 0.4) is 0 Å². The van der Waals surface area contributed by atoms with Crippen LogP contribution in [0.1, 0.15) is 34.4 Å². The predicted molar refractivity (Wildman–Crippen MR) is 88.8 cm³/mol. The number of aromatic nitrogens is 4. The van der Waals surface area contributed by atoms with Gasteiger partial charge in [0.2, 0.25) is 5.91 Å². The van der Waals surface area contributed by atoms with E-state index in [2.05, 4.69) is 25.7 Å². The van der Waals surface area contributed by atoms with Crippen LogP contribution in [0, 0.1) is 0 Å². The predicted octanol–water partition coefficient (Wildman–Crippen LogP) is 0.0265. The van der Waals surface area contributed by atoms with Crippen molar-refractivity contribution in [3.63, 3.8) is 0 Å². The van der Waals surface area contributed by atoms with Gasteiger partial charge in [0.05, 0.1) is 12.2 Å². The van der Waals surface area contributed by atoms with Crippen LogP contribution in [0.2, 0.25) is 0 Å². The fourth-order valence-corrected chi connectivity index (χ4v) is 2.82. The van der Waals surface area contributed by atoms with Crippen LogP contribution in [0.25, 0.3) is 0 Å². The Bertz CT molecular complexity index is 724. The monoisotopic (exact) mass is 346 g/mol. The minimum atomic E-state index is -0.203. The molecular weight excluding hydrogens is 324 g/mol. The zero-order valence-corrected chi connectivity index (χ0v) is 14.2. The van der Waals surface area contributed by atoms with Gasteiger partial charge < -0.3 is 15.0 Å². The highest BCUT2D eigenvalue weighted by molar-refractivity contribution is 5.94. The molecule has 0 aliphatic carbocycles. The summed E-state index contributed by atoms with van der Waals surface area (Å²) in [5.41, 5.74) is 3.08. The molecule has 0 saturated carbocycles. The van der Waals surface area contributed by atoms with E-state index in [1.807, 2.05) is 13.0 Å². The van der Waals surface area contributed by atoms with E-state index in [9.17, 15) is 9.59 Å². The average molecular weight is 346 g/mol. The Balaban J connectivity index is 1.56. The molecule has 0 aromatic carbocycles. The highest BCUT2D eigenvalue weighted by Crippen LogP contribution is 2.20. The molecule has 25 heavy (non-hydrogen) atoms. The molecule has 3 rings (SSSR count). The van der Waals surface area contributed by atoms with E-state index in [0.29, 0.717) is 44.8 Å². The number of amides is 2. The quantitative estimate of drug-likeness (QED) is 0.654. The second kappa shape index (κ2) is 7.93. The molecule has 2 amide bonds. The summed E-state index contributed by atoms with van der Waals surface area (Å²) in [7, 11) is 0.